The van der Waals surface area contributed by atoms with Crippen LogP contribution in [-0.4, -0.2) is 34.4 Å². The Kier molecular flexibility index (Phi) is 4.56. The minimum atomic E-state index is 0.283. The number of thioether (sulfide) groups is 1. The zero-order valence-corrected chi connectivity index (χ0v) is 9.51. The summed E-state index contributed by atoms with van der Waals surface area (Å²) in [5.74, 6) is 0. The molecule has 2 unspecified atom stereocenters. The van der Waals surface area contributed by atoms with Crippen LogP contribution in [0.4, 0.5) is 0 Å². The van der Waals surface area contributed by atoms with Crippen molar-refractivity contribution in [3.05, 3.63) is 0 Å². The first-order chi connectivity index (χ1) is 6.11. The van der Waals surface area contributed by atoms with Gasteiger partial charge >= 0.3 is 0 Å². The Balaban J connectivity index is 2.32. The van der Waals surface area contributed by atoms with E-state index < -0.39 is 0 Å². The minimum absolute atomic E-state index is 0.283. The summed E-state index contributed by atoms with van der Waals surface area (Å²) >= 11 is 1.90. The summed E-state index contributed by atoms with van der Waals surface area (Å²) in [5, 5.41) is 9.98. The molecule has 78 valence electrons. The highest BCUT2D eigenvalue weighted by Crippen LogP contribution is 2.31. The van der Waals surface area contributed by atoms with Crippen molar-refractivity contribution < 1.29 is 9.84 Å². The summed E-state index contributed by atoms with van der Waals surface area (Å²) in [6.45, 7) is 6.62. The summed E-state index contributed by atoms with van der Waals surface area (Å²) in [7, 11) is 0. The van der Waals surface area contributed by atoms with Gasteiger partial charge in [0.1, 0.15) is 0 Å². The van der Waals surface area contributed by atoms with E-state index in [1.165, 1.54) is 0 Å². The van der Waals surface area contributed by atoms with E-state index in [1.54, 1.807) is 0 Å². The first-order valence-corrected chi connectivity index (χ1v) is 5.98. The predicted molar refractivity (Wildman–Crippen MR) is 57.2 cm³/mol. The number of rotatable bonds is 3. The topological polar surface area (TPSA) is 29.5 Å². The van der Waals surface area contributed by atoms with E-state index in [0.29, 0.717) is 22.7 Å². The zero-order chi connectivity index (χ0) is 9.84. The third kappa shape index (κ3) is 3.88. The fraction of sp³-hybridized carbons (Fsp3) is 1.00. The summed E-state index contributed by atoms with van der Waals surface area (Å²) in [4.78, 5) is 0. The van der Waals surface area contributed by atoms with Crippen LogP contribution < -0.4 is 0 Å². The Labute approximate surface area is 85.0 Å². The second-order valence-corrected chi connectivity index (χ2v) is 5.72. The van der Waals surface area contributed by atoms with E-state index in [-0.39, 0.29) is 6.61 Å². The molecule has 4 atom stereocenters. The number of aliphatic hydroxyl groups excluding tert-OH is 1. The minimum Gasteiger partial charge on any atom is -0.395 e. The standard InChI is InChI=1S/C10H20O2S/c1-7-4-10(5-8(2)12-7)13-9(3)6-11/h7-11H,4-6H2,1-3H3/t7-,8+,9?,10?. The van der Waals surface area contributed by atoms with Crippen LogP contribution in [0.15, 0.2) is 0 Å². The van der Waals surface area contributed by atoms with Gasteiger partial charge in [-0.25, -0.2) is 0 Å². The summed E-state index contributed by atoms with van der Waals surface area (Å²) in [6, 6.07) is 0. The maximum absolute atomic E-state index is 8.95. The maximum atomic E-state index is 8.95. The average Bonchev–Trinajstić information content (AvgIpc) is 2.02. The van der Waals surface area contributed by atoms with Crippen LogP contribution in [0.5, 0.6) is 0 Å². The molecule has 0 aliphatic carbocycles. The SMILES string of the molecule is CC(CO)SC1C[C@@H](C)O[C@@H](C)C1. The van der Waals surface area contributed by atoms with Gasteiger partial charge in [0.2, 0.25) is 0 Å². The third-order valence-electron chi connectivity index (χ3n) is 2.34. The van der Waals surface area contributed by atoms with E-state index in [0.717, 1.165) is 12.8 Å². The molecular weight excluding hydrogens is 184 g/mol. The molecule has 1 saturated heterocycles. The van der Waals surface area contributed by atoms with E-state index >= 15 is 0 Å². The van der Waals surface area contributed by atoms with E-state index in [2.05, 4.69) is 20.8 Å². The van der Waals surface area contributed by atoms with Gasteiger partial charge in [0.25, 0.3) is 0 Å². The lowest BCUT2D eigenvalue weighted by molar-refractivity contribution is -0.0265. The summed E-state index contributed by atoms with van der Waals surface area (Å²) in [5.41, 5.74) is 0. The Morgan fingerprint density at radius 3 is 2.38 bits per heavy atom. The smallest absolute Gasteiger partial charge is 0.0561 e. The molecule has 0 bridgehead atoms. The highest BCUT2D eigenvalue weighted by Gasteiger charge is 2.25. The van der Waals surface area contributed by atoms with Gasteiger partial charge in [-0.15, -0.1) is 0 Å². The molecule has 3 heteroatoms. The predicted octanol–water partition coefficient (Wildman–Crippen LogP) is 2.06. The van der Waals surface area contributed by atoms with E-state index in [9.17, 15) is 0 Å². The molecule has 1 fully saturated rings. The molecule has 1 aliphatic heterocycles. The third-order valence-corrected chi connectivity index (χ3v) is 3.72. The van der Waals surface area contributed by atoms with E-state index in [4.69, 9.17) is 9.84 Å². The molecule has 0 aromatic heterocycles. The number of aliphatic hydroxyl groups is 1. The quantitative estimate of drug-likeness (QED) is 0.763. The van der Waals surface area contributed by atoms with Crippen LogP contribution in [0.2, 0.25) is 0 Å². The molecule has 13 heavy (non-hydrogen) atoms. The van der Waals surface area contributed by atoms with Crippen LogP contribution in [0.25, 0.3) is 0 Å². The second kappa shape index (κ2) is 5.23. The fourth-order valence-electron chi connectivity index (χ4n) is 1.83. The Hall–Kier alpha value is 0.270. The molecule has 0 saturated carbocycles. The molecule has 0 aromatic rings. The zero-order valence-electron chi connectivity index (χ0n) is 8.69. The number of hydrogen-bond acceptors (Lipinski definition) is 3. The highest BCUT2D eigenvalue weighted by molar-refractivity contribution is 8.00. The van der Waals surface area contributed by atoms with Gasteiger partial charge in [0, 0.05) is 10.5 Å². The summed E-state index contributed by atoms with van der Waals surface area (Å²) < 4.78 is 5.66. The van der Waals surface area contributed by atoms with Crippen molar-refractivity contribution in [1.29, 1.82) is 0 Å². The van der Waals surface area contributed by atoms with Crippen LogP contribution in [-0.2, 0) is 4.74 Å². The first-order valence-electron chi connectivity index (χ1n) is 5.03. The molecule has 2 nitrogen and oxygen atoms in total. The van der Waals surface area contributed by atoms with Gasteiger partial charge in [-0.1, -0.05) is 6.92 Å². The molecule has 0 radical (unpaired) electrons. The van der Waals surface area contributed by atoms with Crippen LogP contribution >= 0.6 is 11.8 Å². The van der Waals surface area contributed by atoms with Crippen molar-refractivity contribution in [1.82, 2.24) is 0 Å². The fourth-order valence-corrected chi connectivity index (χ4v) is 3.33. The average molecular weight is 204 g/mol. The molecule has 1 heterocycles. The van der Waals surface area contributed by atoms with Crippen LogP contribution in [0.1, 0.15) is 33.6 Å². The molecule has 0 amide bonds. The first kappa shape index (κ1) is 11.3. The van der Waals surface area contributed by atoms with Crippen molar-refractivity contribution in [2.75, 3.05) is 6.61 Å². The van der Waals surface area contributed by atoms with Gasteiger partial charge in [-0.3, -0.25) is 0 Å². The lowest BCUT2D eigenvalue weighted by atomic mass is 10.1. The van der Waals surface area contributed by atoms with Crippen molar-refractivity contribution in [3.8, 4) is 0 Å². The molecule has 1 aliphatic rings. The lowest BCUT2D eigenvalue weighted by Gasteiger charge is -2.32. The number of hydrogen-bond donors (Lipinski definition) is 1. The molecular formula is C10H20O2S. The Morgan fingerprint density at radius 2 is 1.92 bits per heavy atom. The van der Waals surface area contributed by atoms with Crippen molar-refractivity contribution in [2.45, 2.75) is 56.3 Å². The normalized spacial score (nSPS) is 37.4. The highest BCUT2D eigenvalue weighted by atomic mass is 32.2. The van der Waals surface area contributed by atoms with Gasteiger partial charge in [0.15, 0.2) is 0 Å². The monoisotopic (exact) mass is 204 g/mol. The summed E-state index contributed by atoms with van der Waals surface area (Å²) in [6.07, 6.45) is 3.01. The maximum Gasteiger partial charge on any atom is 0.0561 e. The number of ether oxygens (including phenoxy) is 1. The van der Waals surface area contributed by atoms with Crippen molar-refractivity contribution in [2.24, 2.45) is 0 Å². The van der Waals surface area contributed by atoms with Gasteiger partial charge in [0.05, 0.1) is 18.8 Å². The van der Waals surface area contributed by atoms with Crippen LogP contribution in [0, 0.1) is 0 Å². The Morgan fingerprint density at radius 1 is 1.38 bits per heavy atom. The van der Waals surface area contributed by atoms with Crippen molar-refractivity contribution >= 4 is 11.8 Å². The van der Waals surface area contributed by atoms with Crippen LogP contribution in [0.3, 0.4) is 0 Å². The Bertz CT molecular complexity index is 142. The van der Waals surface area contributed by atoms with E-state index in [1.807, 2.05) is 11.8 Å². The van der Waals surface area contributed by atoms with Gasteiger partial charge < -0.3 is 9.84 Å². The second-order valence-electron chi connectivity index (χ2n) is 3.98. The molecule has 1 rings (SSSR count). The van der Waals surface area contributed by atoms with Crippen molar-refractivity contribution in [3.63, 3.8) is 0 Å². The molecule has 0 spiro atoms. The molecule has 0 aromatic carbocycles. The largest absolute Gasteiger partial charge is 0.395 e. The molecule has 1 N–H and O–H groups in total. The van der Waals surface area contributed by atoms with Gasteiger partial charge in [-0.2, -0.15) is 11.8 Å². The van der Waals surface area contributed by atoms with Gasteiger partial charge in [-0.05, 0) is 26.7 Å². The lowest BCUT2D eigenvalue weighted by Crippen LogP contribution is -2.31.